The Labute approximate surface area is 170 Å². The Balaban J connectivity index is 1.94. The number of benzene rings is 1. The lowest BCUT2D eigenvalue weighted by molar-refractivity contribution is -0.384. The van der Waals surface area contributed by atoms with Gasteiger partial charge >= 0.3 is 0 Å². The highest BCUT2D eigenvalue weighted by Crippen LogP contribution is 2.70. The van der Waals surface area contributed by atoms with Crippen molar-refractivity contribution in [2.24, 2.45) is 5.41 Å². The van der Waals surface area contributed by atoms with Gasteiger partial charge in [-0.1, -0.05) is 34.1 Å². The molecule has 1 heterocycles. The third-order valence-electron chi connectivity index (χ3n) is 7.79. The molecular formula is C22H28N4O3. The number of rotatable bonds is 5. The molecule has 1 aromatic carbocycles. The van der Waals surface area contributed by atoms with Crippen LogP contribution in [0.5, 0.6) is 0 Å². The number of unbranched alkanes of at least 4 members (excludes halogenated alkanes) is 1. The fraction of sp³-hybridized carbons (Fsp3) is 0.591. The summed E-state index contributed by atoms with van der Waals surface area (Å²) in [4.78, 5) is 36.2. The largest absolute Gasteiger partial charge is 0.345 e. The number of non-ortho nitro benzene ring substituents is 1. The Bertz CT molecular complexity index is 1030. The van der Waals surface area contributed by atoms with Crippen LogP contribution in [0.2, 0.25) is 0 Å². The standard InChI is InChI=1S/C22H28N4O3/c1-6-7-12-25(5)19(27)22-11-10-21(4,20(22,2)3)17-18(22)24-16-13-14(26(28)29)8-9-15(16)23-17/h8-9,13H,6-7,10-12H2,1-5H3. The molecule has 1 aromatic heterocycles. The molecule has 7 nitrogen and oxygen atoms in total. The molecule has 0 N–H and O–H groups in total. The van der Waals surface area contributed by atoms with Crippen LogP contribution in [0.1, 0.15) is 64.8 Å². The molecule has 1 amide bonds. The average molecular weight is 396 g/mol. The Morgan fingerprint density at radius 3 is 2.52 bits per heavy atom. The molecule has 2 bridgehead atoms. The third kappa shape index (κ3) is 2.33. The van der Waals surface area contributed by atoms with E-state index in [0.717, 1.165) is 37.1 Å². The van der Waals surface area contributed by atoms with E-state index in [1.165, 1.54) is 12.1 Å². The first-order valence-corrected chi connectivity index (χ1v) is 10.3. The fourth-order valence-corrected chi connectivity index (χ4v) is 5.50. The lowest BCUT2D eigenvalue weighted by Crippen LogP contribution is -2.52. The van der Waals surface area contributed by atoms with E-state index in [-0.39, 0.29) is 22.4 Å². The molecule has 29 heavy (non-hydrogen) atoms. The zero-order chi connectivity index (χ0) is 21.2. The molecule has 1 saturated carbocycles. The number of nitro groups is 1. The summed E-state index contributed by atoms with van der Waals surface area (Å²) in [5.74, 6) is 0.0949. The van der Waals surface area contributed by atoms with Gasteiger partial charge in [-0.05, 0) is 30.7 Å². The van der Waals surface area contributed by atoms with Crippen molar-refractivity contribution in [2.75, 3.05) is 13.6 Å². The van der Waals surface area contributed by atoms with Gasteiger partial charge in [0.05, 0.1) is 32.8 Å². The van der Waals surface area contributed by atoms with Crippen LogP contribution in [0.3, 0.4) is 0 Å². The zero-order valence-corrected chi connectivity index (χ0v) is 17.8. The number of amides is 1. The molecule has 154 valence electrons. The summed E-state index contributed by atoms with van der Waals surface area (Å²) in [6.07, 6.45) is 3.59. The second-order valence-electron chi connectivity index (χ2n) is 9.29. The van der Waals surface area contributed by atoms with Crippen molar-refractivity contribution in [3.05, 3.63) is 39.7 Å². The van der Waals surface area contributed by atoms with E-state index in [0.29, 0.717) is 17.6 Å². The van der Waals surface area contributed by atoms with Gasteiger partial charge in [-0.15, -0.1) is 0 Å². The molecule has 0 spiro atoms. The van der Waals surface area contributed by atoms with Gasteiger partial charge in [0.1, 0.15) is 0 Å². The number of carbonyl (C=O) groups excluding carboxylic acids is 1. The summed E-state index contributed by atoms with van der Waals surface area (Å²) < 4.78 is 0. The topological polar surface area (TPSA) is 89.2 Å². The molecule has 1 fully saturated rings. The van der Waals surface area contributed by atoms with Crippen molar-refractivity contribution in [1.29, 1.82) is 0 Å². The predicted molar refractivity (Wildman–Crippen MR) is 111 cm³/mol. The molecule has 2 aliphatic carbocycles. The number of fused-ring (bicyclic) bond motifs is 6. The van der Waals surface area contributed by atoms with Gasteiger partial charge in [0.15, 0.2) is 0 Å². The van der Waals surface area contributed by atoms with Crippen LogP contribution in [-0.4, -0.2) is 39.3 Å². The van der Waals surface area contributed by atoms with Crippen molar-refractivity contribution in [3.8, 4) is 0 Å². The minimum atomic E-state index is -0.745. The minimum absolute atomic E-state index is 0.0131. The quantitative estimate of drug-likeness (QED) is 0.560. The third-order valence-corrected chi connectivity index (χ3v) is 7.79. The predicted octanol–water partition coefficient (Wildman–Crippen LogP) is 4.13. The van der Waals surface area contributed by atoms with Gasteiger partial charge in [-0.3, -0.25) is 14.9 Å². The monoisotopic (exact) mass is 396 g/mol. The maximum absolute atomic E-state index is 13.8. The normalized spacial score (nSPS) is 26.5. The summed E-state index contributed by atoms with van der Waals surface area (Å²) in [6, 6.07) is 4.58. The van der Waals surface area contributed by atoms with Gasteiger partial charge in [0, 0.05) is 31.1 Å². The molecule has 7 heteroatoms. The van der Waals surface area contributed by atoms with Gasteiger partial charge in [0.25, 0.3) is 5.69 Å². The van der Waals surface area contributed by atoms with E-state index >= 15 is 0 Å². The van der Waals surface area contributed by atoms with Crippen molar-refractivity contribution in [1.82, 2.24) is 14.9 Å². The van der Waals surface area contributed by atoms with Crippen LogP contribution in [0, 0.1) is 15.5 Å². The molecule has 2 atom stereocenters. The summed E-state index contributed by atoms with van der Waals surface area (Å²) in [5, 5.41) is 11.2. The van der Waals surface area contributed by atoms with Gasteiger partial charge in [-0.25, -0.2) is 9.97 Å². The number of carbonyl (C=O) groups is 1. The zero-order valence-electron chi connectivity index (χ0n) is 17.8. The average Bonchev–Trinajstić information content (AvgIpc) is 2.98. The van der Waals surface area contributed by atoms with Gasteiger partial charge in [0.2, 0.25) is 5.91 Å². The molecule has 4 rings (SSSR count). The summed E-state index contributed by atoms with van der Waals surface area (Å²) in [6.45, 7) is 9.32. The van der Waals surface area contributed by atoms with Crippen LogP contribution < -0.4 is 0 Å². The Morgan fingerprint density at radius 1 is 1.17 bits per heavy atom. The summed E-state index contributed by atoms with van der Waals surface area (Å²) in [5.41, 5.74) is 1.36. The maximum Gasteiger partial charge on any atom is 0.271 e. The first kappa shape index (κ1) is 19.7. The van der Waals surface area contributed by atoms with Crippen LogP contribution in [0.4, 0.5) is 5.69 Å². The van der Waals surface area contributed by atoms with Crippen LogP contribution >= 0.6 is 0 Å². The molecule has 2 unspecified atom stereocenters. The van der Waals surface area contributed by atoms with Gasteiger partial charge in [-0.2, -0.15) is 0 Å². The van der Waals surface area contributed by atoms with E-state index in [1.807, 2.05) is 11.9 Å². The van der Waals surface area contributed by atoms with E-state index in [9.17, 15) is 14.9 Å². The van der Waals surface area contributed by atoms with Gasteiger partial charge < -0.3 is 4.90 Å². The number of hydrogen-bond donors (Lipinski definition) is 0. The van der Waals surface area contributed by atoms with E-state index < -0.39 is 10.3 Å². The van der Waals surface area contributed by atoms with Crippen LogP contribution in [0.25, 0.3) is 11.0 Å². The summed E-state index contributed by atoms with van der Waals surface area (Å²) >= 11 is 0. The van der Waals surface area contributed by atoms with Crippen molar-refractivity contribution >= 4 is 22.6 Å². The molecular weight excluding hydrogens is 368 g/mol. The molecule has 2 aliphatic rings. The van der Waals surface area contributed by atoms with Crippen molar-refractivity contribution in [2.45, 2.75) is 64.2 Å². The summed E-state index contributed by atoms with van der Waals surface area (Å²) in [7, 11) is 1.87. The highest BCUT2D eigenvalue weighted by atomic mass is 16.6. The highest BCUT2D eigenvalue weighted by Gasteiger charge is 2.73. The minimum Gasteiger partial charge on any atom is -0.345 e. The van der Waals surface area contributed by atoms with E-state index in [4.69, 9.17) is 9.97 Å². The lowest BCUT2D eigenvalue weighted by Gasteiger charge is -2.41. The molecule has 0 saturated heterocycles. The van der Waals surface area contributed by atoms with Crippen molar-refractivity contribution < 1.29 is 9.72 Å². The SMILES string of the molecule is CCCCN(C)C(=O)C12CCC(C)(c3nc4ccc([N+](=O)[O-])cc4nc31)C2(C)C. The number of aromatic nitrogens is 2. The van der Waals surface area contributed by atoms with Crippen LogP contribution in [-0.2, 0) is 15.6 Å². The Hall–Kier alpha value is -2.57. The number of nitro benzene ring substituents is 1. The highest BCUT2D eigenvalue weighted by molar-refractivity contribution is 5.93. The second-order valence-corrected chi connectivity index (χ2v) is 9.29. The Morgan fingerprint density at radius 2 is 1.86 bits per heavy atom. The number of nitrogens with zero attached hydrogens (tertiary/aromatic N) is 4. The Kier molecular flexibility index (Phi) is 4.23. The smallest absolute Gasteiger partial charge is 0.271 e. The number of hydrogen-bond acceptors (Lipinski definition) is 5. The lowest BCUT2D eigenvalue weighted by atomic mass is 9.63. The molecule has 2 aromatic rings. The number of likely N-dealkylation sites (N-methyl/N-ethyl adjacent to an activating group) is 1. The fourth-order valence-electron chi connectivity index (χ4n) is 5.50. The maximum atomic E-state index is 13.8. The first-order valence-electron chi connectivity index (χ1n) is 10.3. The van der Waals surface area contributed by atoms with E-state index in [2.05, 4.69) is 27.7 Å². The van der Waals surface area contributed by atoms with Crippen LogP contribution in [0.15, 0.2) is 18.2 Å². The first-order chi connectivity index (χ1) is 13.6. The van der Waals surface area contributed by atoms with Crippen molar-refractivity contribution in [3.63, 3.8) is 0 Å². The van der Waals surface area contributed by atoms with E-state index in [1.54, 1.807) is 6.07 Å². The molecule has 0 radical (unpaired) electrons. The second kappa shape index (κ2) is 6.21. The molecule has 0 aliphatic heterocycles.